The summed E-state index contributed by atoms with van der Waals surface area (Å²) in [6.45, 7) is 0. The van der Waals surface area contributed by atoms with Crippen molar-refractivity contribution in [1.29, 1.82) is 0 Å². The van der Waals surface area contributed by atoms with Gasteiger partial charge < -0.3 is 27.2 Å². The number of amides is 2. The smallest absolute Gasteiger partial charge is 0.261 e. The topological polar surface area (TPSA) is 130 Å². The van der Waals surface area contributed by atoms with Crippen LogP contribution in [0.3, 0.4) is 0 Å². The first-order valence-corrected chi connectivity index (χ1v) is 8.31. The minimum atomic E-state index is -2.08. The van der Waals surface area contributed by atoms with Crippen LogP contribution in [0.25, 0.3) is 0 Å². The molecule has 2 aromatic rings. The highest BCUT2D eigenvalue weighted by Crippen LogP contribution is 2.29. The number of carbonyl (C=O) groups is 2. The van der Waals surface area contributed by atoms with E-state index in [1.54, 1.807) is 54.6 Å². The first-order valence-electron chi connectivity index (χ1n) is 8.31. The van der Waals surface area contributed by atoms with Crippen molar-refractivity contribution < 1.29 is 14.7 Å². The lowest BCUT2D eigenvalue weighted by Crippen LogP contribution is -2.52. The second kappa shape index (κ2) is 7.35. The van der Waals surface area contributed by atoms with E-state index in [1.807, 2.05) is 0 Å². The summed E-state index contributed by atoms with van der Waals surface area (Å²) in [5.41, 5.74) is 11.1. The number of aliphatic hydroxyl groups is 1. The van der Waals surface area contributed by atoms with Crippen LogP contribution in [-0.2, 0) is 9.59 Å². The van der Waals surface area contributed by atoms with Crippen molar-refractivity contribution in [1.82, 2.24) is 0 Å². The largest absolute Gasteiger partial charge is 0.397 e. The standard InChI is InChI=1S/C20H20N4O3/c21-14-8-1-3-10-16(14)23-18(25)13-7-5-6-12-20(13,27)19(26)24-17-11-4-2-9-15(17)22/h1-13,27H,21-22H2,(H,23,25)(H,24,26). The van der Waals surface area contributed by atoms with Gasteiger partial charge in [-0.1, -0.05) is 42.5 Å². The van der Waals surface area contributed by atoms with Gasteiger partial charge in [0.25, 0.3) is 5.91 Å². The molecule has 27 heavy (non-hydrogen) atoms. The van der Waals surface area contributed by atoms with E-state index < -0.39 is 23.3 Å². The number of carbonyl (C=O) groups excluding carboxylic acids is 2. The predicted molar refractivity (Wildman–Crippen MR) is 106 cm³/mol. The van der Waals surface area contributed by atoms with Gasteiger partial charge in [-0.25, -0.2) is 0 Å². The molecule has 0 bridgehead atoms. The molecule has 0 aromatic heterocycles. The summed E-state index contributed by atoms with van der Waals surface area (Å²) in [5.74, 6) is -2.47. The minimum Gasteiger partial charge on any atom is -0.397 e. The fraction of sp³-hybridized carbons (Fsp3) is 0.100. The van der Waals surface area contributed by atoms with Crippen molar-refractivity contribution in [3.05, 3.63) is 72.8 Å². The average Bonchev–Trinajstić information content (AvgIpc) is 2.65. The van der Waals surface area contributed by atoms with E-state index in [4.69, 9.17) is 11.5 Å². The number of nitrogens with two attached hydrogens (primary N) is 2. The lowest BCUT2D eigenvalue weighted by molar-refractivity contribution is -0.139. The Hall–Kier alpha value is -3.58. The van der Waals surface area contributed by atoms with Crippen LogP contribution in [0.2, 0.25) is 0 Å². The van der Waals surface area contributed by atoms with Crippen LogP contribution >= 0.6 is 0 Å². The molecule has 0 saturated carbocycles. The first-order chi connectivity index (χ1) is 12.9. The Balaban J connectivity index is 1.83. The van der Waals surface area contributed by atoms with Crippen molar-refractivity contribution >= 4 is 34.6 Å². The number of para-hydroxylation sites is 4. The predicted octanol–water partition coefficient (Wildman–Crippen LogP) is 1.90. The summed E-state index contributed by atoms with van der Waals surface area (Å²) in [6.07, 6.45) is 5.84. The van der Waals surface area contributed by atoms with Crippen LogP contribution < -0.4 is 22.1 Å². The zero-order chi connectivity index (χ0) is 19.4. The van der Waals surface area contributed by atoms with Gasteiger partial charge in [-0.05, 0) is 30.3 Å². The van der Waals surface area contributed by atoms with Gasteiger partial charge in [-0.15, -0.1) is 0 Å². The second-order valence-corrected chi connectivity index (χ2v) is 6.16. The van der Waals surface area contributed by atoms with Gasteiger partial charge in [-0.3, -0.25) is 9.59 Å². The summed E-state index contributed by atoms with van der Waals surface area (Å²) in [4.78, 5) is 25.5. The molecule has 2 aromatic carbocycles. The van der Waals surface area contributed by atoms with E-state index in [9.17, 15) is 14.7 Å². The second-order valence-electron chi connectivity index (χ2n) is 6.16. The number of allylic oxidation sites excluding steroid dienone is 2. The van der Waals surface area contributed by atoms with Gasteiger partial charge in [-0.2, -0.15) is 0 Å². The third-order valence-electron chi connectivity index (χ3n) is 4.31. The lowest BCUT2D eigenvalue weighted by atomic mass is 9.82. The van der Waals surface area contributed by atoms with Crippen LogP contribution in [0.15, 0.2) is 72.8 Å². The van der Waals surface area contributed by atoms with E-state index in [2.05, 4.69) is 10.6 Å². The molecular formula is C20H20N4O3. The van der Waals surface area contributed by atoms with Gasteiger partial charge in [0, 0.05) is 0 Å². The van der Waals surface area contributed by atoms with Gasteiger partial charge in [0.05, 0.1) is 28.7 Å². The maximum atomic E-state index is 12.8. The van der Waals surface area contributed by atoms with Gasteiger partial charge in [0.1, 0.15) is 0 Å². The van der Waals surface area contributed by atoms with E-state index in [0.717, 1.165) is 0 Å². The van der Waals surface area contributed by atoms with E-state index in [1.165, 1.54) is 18.2 Å². The van der Waals surface area contributed by atoms with E-state index >= 15 is 0 Å². The number of nitrogens with one attached hydrogen (secondary N) is 2. The number of hydrogen-bond donors (Lipinski definition) is 5. The minimum absolute atomic E-state index is 0.350. The molecule has 7 heteroatoms. The number of hydrogen-bond acceptors (Lipinski definition) is 5. The summed E-state index contributed by atoms with van der Waals surface area (Å²) in [5, 5.41) is 16.2. The molecule has 1 aliphatic rings. The van der Waals surface area contributed by atoms with Gasteiger partial charge in [0.2, 0.25) is 5.91 Å². The normalized spacial score (nSPS) is 20.9. The summed E-state index contributed by atoms with van der Waals surface area (Å²) in [6, 6.07) is 13.4. The molecule has 3 rings (SSSR count). The molecule has 0 saturated heterocycles. The van der Waals surface area contributed by atoms with Crippen LogP contribution in [0, 0.1) is 5.92 Å². The molecule has 0 spiro atoms. The molecule has 0 aliphatic heterocycles. The van der Waals surface area contributed by atoms with Gasteiger partial charge >= 0.3 is 0 Å². The Morgan fingerprint density at radius 2 is 1.44 bits per heavy atom. The maximum absolute atomic E-state index is 12.8. The molecule has 7 nitrogen and oxygen atoms in total. The van der Waals surface area contributed by atoms with E-state index in [0.29, 0.717) is 22.7 Å². The van der Waals surface area contributed by atoms with E-state index in [-0.39, 0.29) is 0 Å². The van der Waals surface area contributed by atoms with Crippen LogP contribution in [0.5, 0.6) is 0 Å². The fourth-order valence-electron chi connectivity index (χ4n) is 2.79. The zero-order valence-corrected chi connectivity index (χ0v) is 14.4. The Labute approximate surface area is 156 Å². The number of anilines is 4. The number of rotatable bonds is 4. The molecule has 7 N–H and O–H groups in total. The SMILES string of the molecule is Nc1ccccc1NC(=O)C1C=CC=CC1(O)C(=O)Nc1ccccc1N. The lowest BCUT2D eigenvalue weighted by Gasteiger charge is -2.31. The van der Waals surface area contributed by atoms with Crippen LogP contribution in [0.4, 0.5) is 22.7 Å². The number of benzene rings is 2. The Kier molecular flexibility index (Phi) is 4.96. The Morgan fingerprint density at radius 1 is 0.889 bits per heavy atom. The zero-order valence-electron chi connectivity index (χ0n) is 14.4. The molecule has 138 valence electrons. The third-order valence-corrected chi connectivity index (χ3v) is 4.31. The molecule has 2 amide bonds. The quantitative estimate of drug-likeness (QED) is 0.529. The van der Waals surface area contributed by atoms with Crippen LogP contribution in [-0.4, -0.2) is 22.5 Å². The van der Waals surface area contributed by atoms with Crippen molar-refractivity contribution in [2.45, 2.75) is 5.60 Å². The number of nitrogen functional groups attached to an aromatic ring is 2. The monoisotopic (exact) mass is 364 g/mol. The molecule has 0 radical (unpaired) electrons. The summed E-state index contributed by atoms with van der Waals surface area (Å²) >= 11 is 0. The molecule has 2 atom stereocenters. The third kappa shape index (κ3) is 3.68. The highest BCUT2D eigenvalue weighted by Gasteiger charge is 2.45. The van der Waals surface area contributed by atoms with Crippen molar-refractivity contribution in [2.24, 2.45) is 5.92 Å². The maximum Gasteiger partial charge on any atom is 0.261 e. The Bertz CT molecular complexity index is 938. The van der Waals surface area contributed by atoms with Gasteiger partial charge in [0.15, 0.2) is 5.60 Å². The highest BCUT2D eigenvalue weighted by molar-refractivity contribution is 6.07. The van der Waals surface area contributed by atoms with Crippen molar-refractivity contribution in [3.8, 4) is 0 Å². The first kappa shape index (κ1) is 18.2. The van der Waals surface area contributed by atoms with Crippen LogP contribution in [0.1, 0.15) is 0 Å². The van der Waals surface area contributed by atoms with Crippen molar-refractivity contribution in [2.75, 3.05) is 22.1 Å². The summed E-state index contributed by atoms with van der Waals surface area (Å²) < 4.78 is 0. The average molecular weight is 364 g/mol. The molecule has 1 aliphatic carbocycles. The molecular weight excluding hydrogens is 344 g/mol. The molecule has 0 heterocycles. The molecule has 2 unspecified atom stereocenters. The summed E-state index contributed by atoms with van der Waals surface area (Å²) in [7, 11) is 0. The highest BCUT2D eigenvalue weighted by atomic mass is 16.3. The Morgan fingerprint density at radius 3 is 2.04 bits per heavy atom. The molecule has 0 fully saturated rings. The fourth-order valence-corrected chi connectivity index (χ4v) is 2.79. The van der Waals surface area contributed by atoms with Crippen molar-refractivity contribution in [3.63, 3.8) is 0 Å².